The molecule has 0 aliphatic carbocycles. The van der Waals surface area contributed by atoms with Crippen LogP contribution in [0, 0.1) is 5.41 Å². The number of alkyl carbamates (subject to hydrolysis) is 1. The average molecular weight is 612 g/mol. The van der Waals surface area contributed by atoms with Gasteiger partial charge in [0.25, 0.3) is 5.91 Å². The zero-order valence-corrected chi connectivity index (χ0v) is 25.1. The van der Waals surface area contributed by atoms with Gasteiger partial charge in [-0.15, -0.1) is 0 Å². The molecule has 2 amide bonds. The molecule has 12 heteroatoms. The Bertz CT molecular complexity index is 1520. The third kappa shape index (κ3) is 7.29. The van der Waals surface area contributed by atoms with Crippen molar-refractivity contribution in [1.82, 2.24) is 20.6 Å². The van der Waals surface area contributed by atoms with Crippen molar-refractivity contribution in [3.8, 4) is 11.1 Å². The number of benzene rings is 2. The highest BCUT2D eigenvalue weighted by atomic mass is 19.4. The van der Waals surface area contributed by atoms with Crippen LogP contribution in [0.1, 0.15) is 67.3 Å². The second kappa shape index (κ2) is 12.1. The Morgan fingerprint density at radius 1 is 1.07 bits per heavy atom. The van der Waals surface area contributed by atoms with Crippen molar-refractivity contribution in [2.75, 3.05) is 31.2 Å². The van der Waals surface area contributed by atoms with Gasteiger partial charge in [0.2, 0.25) is 0 Å². The van der Waals surface area contributed by atoms with E-state index in [4.69, 9.17) is 9.47 Å². The number of rotatable bonds is 7. The molecule has 0 bridgehead atoms. The van der Waals surface area contributed by atoms with E-state index in [0.29, 0.717) is 22.5 Å². The summed E-state index contributed by atoms with van der Waals surface area (Å²) in [4.78, 5) is 35.9. The lowest BCUT2D eigenvalue weighted by molar-refractivity contribution is -0.137. The van der Waals surface area contributed by atoms with Crippen molar-refractivity contribution in [2.45, 2.75) is 58.5 Å². The zero-order valence-electron chi connectivity index (χ0n) is 25.1. The average Bonchev–Trinajstić information content (AvgIpc) is 3.42. The van der Waals surface area contributed by atoms with Gasteiger partial charge in [0, 0.05) is 31.1 Å². The minimum absolute atomic E-state index is 0.0241. The topological polar surface area (TPSA) is 106 Å². The Labute approximate surface area is 254 Å². The fourth-order valence-corrected chi connectivity index (χ4v) is 5.36. The van der Waals surface area contributed by atoms with Crippen molar-refractivity contribution < 1.29 is 32.2 Å². The van der Waals surface area contributed by atoms with Crippen molar-refractivity contribution in [3.05, 3.63) is 77.2 Å². The van der Waals surface area contributed by atoms with Gasteiger partial charge in [0.1, 0.15) is 23.4 Å². The Kier molecular flexibility index (Phi) is 8.57. The van der Waals surface area contributed by atoms with Gasteiger partial charge in [-0.1, -0.05) is 30.3 Å². The molecule has 1 spiro atoms. The Hall–Kier alpha value is -4.19. The summed E-state index contributed by atoms with van der Waals surface area (Å²) in [6.07, 6.45) is -2.80. The Morgan fingerprint density at radius 2 is 1.80 bits per heavy atom. The van der Waals surface area contributed by atoms with Crippen molar-refractivity contribution in [2.24, 2.45) is 5.41 Å². The van der Waals surface area contributed by atoms with Crippen LogP contribution in [-0.2, 0) is 22.2 Å². The van der Waals surface area contributed by atoms with Gasteiger partial charge in [-0.2, -0.15) is 13.2 Å². The fourth-order valence-electron chi connectivity index (χ4n) is 5.36. The number of carbonyl (C=O) groups is 2. The molecule has 3 aromatic rings. The number of amides is 2. The quantitative estimate of drug-likeness (QED) is 0.343. The predicted molar refractivity (Wildman–Crippen MR) is 158 cm³/mol. The lowest BCUT2D eigenvalue weighted by atomic mass is 9.85. The molecule has 2 saturated heterocycles. The minimum Gasteiger partial charge on any atom is -0.444 e. The van der Waals surface area contributed by atoms with Crippen LogP contribution in [-0.4, -0.2) is 53.9 Å². The number of halogens is 3. The lowest BCUT2D eigenvalue weighted by Gasteiger charge is -2.37. The number of anilines is 1. The monoisotopic (exact) mass is 611 g/mol. The van der Waals surface area contributed by atoms with Crippen molar-refractivity contribution >= 4 is 17.8 Å². The summed E-state index contributed by atoms with van der Waals surface area (Å²) in [6, 6.07) is 11.6. The summed E-state index contributed by atoms with van der Waals surface area (Å²) in [6.45, 7) is 10.1. The maximum absolute atomic E-state index is 13.6. The van der Waals surface area contributed by atoms with Crippen LogP contribution in [0.25, 0.3) is 11.1 Å². The number of hydrogen-bond acceptors (Lipinski definition) is 7. The molecule has 2 aromatic carbocycles. The van der Waals surface area contributed by atoms with Crippen LogP contribution in [0.15, 0.2) is 54.9 Å². The third-order valence-corrected chi connectivity index (χ3v) is 7.79. The number of nitrogens with zero attached hydrogens (tertiary/aromatic N) is 3. The molecule has 2 aliphatic rings. The molecule has 44 heavy (non-hydrogen) atoms. The van der Waals surface area contributed by atoms with Gasteiger partial charge in [-0.3, -0.25) is 4.79 Å². The first-order valence-corrected chi connectivity index (χ1v) is 14.4. The highest BCUT2D eigenvalue weighted by Gasteiger charge is 2.44. The summed E-state index contributed by atoms with van der Waals surface area (Å²) in [7, 11) is 0. The molecule has 2 fully saturated rings. The van der Waals surface area contributed by atoms with E-state index in [1.165, 1.54) is 12.4 Å². The van der Waals surface area contributed by atoms with E-state index in [0.717, 1.165) is 50.4 Å². The van der Waals surface area contributed by atoms with E-state index in [1.54, 1.807) is 51.1 Å². The number of alkyl halides is 3. The molecule has 3 heterocycles. The van der Waals surface area contributed by atoms with Crippen molar-refractivity contribution in [1.29, 1.82) is 0 Å². The molecule has 0 saturated carbocycles. The predicted octanol–water partition coefficient (Wildman–Crippen LogP) is 5.90. The molecule has 1 aromatic heterocycles. The first-order valence-electron chi connectivity index (χ1n) is 14.4. The van der Waals surface area contributed by atoms with Gasteiger partial charge >= 0.3 is 12.3 Å². The fraction of sp³-hybridized carbons (Fsp3) is 0.438. The van der Waals surface area contributed by atoms with Gasteiger partial charge in [-0.05, 0) is 68.5 Å². The van der Waals surface area contributed by atoms with Crippen LogP contribution >= 0.6 is 0 Å². The molecule has 2 aliphatic heterocycles. The molecule has 1 atom stereocenters. The summed E-state index contributed by atoms with van der Waals surface area (Å²) in [5, 5.41) is 5.56. The molecule has 2 N–H and O–H groups in total. The highest BCUT2D eigenvalue weighted by molar-refractivity contribution is 5.93. The molecule has 0 radical (unpaired) electrons. The molecule has 9 nitrogen and oxygen atoms in total. The second-order valence-corrected chi connectivity index (χ2v) is 12.5. The second-order valence-electron chi connectivity index (χ2n) is 12.5. The van der Waals surface area contributed by atoms with Gasteiger partial charge in [-0.25, -0.2) is 14.8 Å². The van der Waals surface area contributed by atoms with Gasteiger partial charge in [0.15, 0.2) is 0 Å². The van der Waals surface area contributed by atoms with Gasteiger partial charge < -0.3 is 25.0 Å². The van der Waals surface area contributed by atoms with E-state index >= 15 is 0 Å². The SMILES string of the molecule is C[C@@H](NC(=O)c1cc(N2CCC3(COC3)C2)ncn1)c1ccc(-c2cc(C(F)(F)F)ccc2CNC(=O)OC(C)(C)C)cc1. The molecule has 234 valence electrons. The number of hydrogen-bond donors (Lipinski definition) is 2. The van der Waals surface area contributed by atoms with E-state index in [9.17, 15) is 22.8 Å². The maximum atomic E-state index is 13.6. The van der Waals surface area contributed by atoms with Crippen LogP contribution in [0.4, 0.5) is 23.8 Å². The van der Waals surface area contributed by atoms with E-state index in [1.807, 2.05) is 6.92 Å². The number of ether oxygens (including phenoxy) is 2. The Morgan fingerprint density at radius 3 is 2.41 bits per heavy atom. The zero-order chi connectivity index (χ0) is 31.7. The highest BCUT2D eigenvalue weighted by Crippen LogP contribution is 2.39. The van der Waals surface area contributed by atoms with E-state index in [2.05, 4.69) is 25.5 Å². The standard InChI is InChI=1S/C32H36F3N5O4/c1-20(39-28(41)26-14-27(38-19-37-26)40-12-11-31(16-40)17-43-18-31)21-5-7-22(8-6-21)25-13-24(32(33,34)35)10-9-23(25)15-36-29(42)44-30(2,3)4/h5-10,13-14,19-20H,11-12,15-18H2,1-4H3,(H,36,42)(H,39,41)/t20-/m1/s1. The lowest BCUT2D eigenvalue weighted by Crippen LogP contribution is -2.44. The summed E-state index contributed by atoms with van der Waals surface area (Å²) >= 11 is 0. The normalized spacial score (nSPS) is 16.8. The first-order chi connectivity index (χ1) is 20.7. The number of nitrogens with one attached hydrogen (secondary N) is 2. The molecular formula is C32H36F3N5O4. The van der Waals surface area contributed by atoms with Crippen LogP contribution in [0.3, 0.4) is 0 Å². The molecular weight excluding hydrogens is 575 g/mol. The maximum Gasteiger partial charge on any atom is 0.416 e. The summed E-state index contributed by atoms with van der Waals surface area (Å²) in [5.74, 6) is 0.337. The van der Waals surface area contributed by atoms with E-state index in [-0.39, 0.29) is 23.6 Å². The Balaban J connectivity index is 1.28. The number of carbonyl (C=O) groups excluding carboxylic acids is 2. The van der Waals surface area contributed by atoms with E-state index < -0.39 is 29.5 Å². The summed E-state index contributed by atoms with van der Waals surface area (Å²) < 4.78 is 51.3. The van der Waals surface area contributed by atoms with Crippen LogP contribution in [0.5, 0.6) is 0 Å². The van der Waals surface area contributed by atoms with Crippen molar-refractivity contribution in [3.63, 3.8) is 0 Å². The van der Waals surface area contributed by atoms with Gasteiger partial charge in [0.05, 0.1) is 24.8 Å². The first kappa shape index (κ1) is 31.2. The molecule has 5 rings (SSSR count). The smallest absolute Gasteiger partial charge is 0.416 e. The minimum atomic E-state index is -4.53. The van der Waals surface area contributed by atoms with Crippen LogP contribution in [0.2, 0.25) is 0 Å². The van der Waals surface area contributed by atoms with Crippen LogP contribution < -0.4 is 15.5 Å². The number of aromatic nitrogens is 2. The largest absolute Gasteiger partial charge is 0.444 e. The summed E-state index contributed by atoms with van der Waals surface area (Å²) in [5.41, 5.74) is 1.01. The molecule has 0 unspecified atom stereocenters. The third-order valence-electron chi connectivity index (χ3n) is 7.79.